The third kappa shape index (κ3) is 2.89. The van der Waals surface area contributed by atoms with E-state index < -0.39 is 0 Å². The summed E-state index contributed by atoms with van der Waals surface area (Å²) < 4.78 is 1.64. The average molecular weight is 339 g/mol. The fraction of sp³-hybridized carbons (Fsp3) is 0. The minimum absolute atomic E-state index is 0.239. The first-order chi connectivity index (χ1) is 12.7. The molecule has 0 spiro atoms. The SMILES string of the molecule is N#Cc1ccc(C=Cc2nc3c(cnn3-c3ccccc3)c(=O)[nH]2)cc1. The van der Waals surface area contributed by atoms with Crippen LogP contribution in [0.2, 0.25) is 0 Å². The van der Waals surface area contributed by atoms with Gasteiger partial charge < -0.3 is 4.98 Å². The molecule has 0 aliphatic rings. The molecule has 0 unspecified atom stereocenters. The number of aromatic amines is 1. The van der Waals surface area contributed by atoms with Gasteiger partial charge in [-0.15, -0.1) is 0 Å². The van der Waals surface area contributed by atoms with Crippen LogP contribution in [0.25, 0.3) is 28.9 Å². The molecule has 0 saturated carbocycles. The van der Waals surface area contributed by atoms with Crippen molar-refractivity contribution >= 4 is 23.2 Å². The van der Waals surface area contributed by atoms with Gasteiger partial charge in [0.15, 0.2) is 5.65 Å². The number of nitrogens with one attached hydrogen (secondary N) is 1. The monoisotopic (exact) mass is 339 g/mol. The molecule has 0 saturated heterocycles. The maximum atomic E-state index is 12.3. The zero-order valence-electron chi connectivity index (χ0n) is 13.6. The normalized spacial score (nSPS) is 11.0. The Morgan fingerprint density at radius 1 is 1.04 bits per heavy atom. The van der Waals surface area contributed by atoms with E-state index in [0.29, 0.717) is 22.4 Å². The Balaban J connectivity index is 1.75. The second-order valence-electron chi connectivity index (χ2n) is 5.65. The lowest BCUT2D eigenvalue weighted by molar-refractivity contribution is 0.893. The quantitative estimate of drug-likeness (QED) is 0.621. The molecule has 2 heterocycles. The van der Waals surface area contributed by atoms with Crippen LogP contribution >= 0.6 is 0 Å². The lowest BCUT2D eigenvalue weighted by Gasteiger charge is -2.02. The highest BCUT2D eigenvalue weighted by Gasteiger charge is 2.10. The van der Waals surface area contributed by atoms with Crippen molar-refractivity contribution < 1.29 is 0 Å². The highest BCUT2D eigenvalue weighted by Crippen LogP contribution is 2.14. The molecule has 1 N–H and O–H groups in total. The summed E-state index contributed by atoms with van der Waals surface area (Å²) in [4.78, 5) is 19.6. The Labute approximate surface area is 148 Å². The molecule has 0 aliphatic carbocycles. The van der Waals surface area contributed by atoms with E-state index in [1.165, 1.54) is 6.20 Å². The summed E-state index contributed by atoms with van der Waals surface area (Å²) in [5, 5.41) is 13.6. The van der Waals surface area contributed by atoms with Gasteiger partial charge in [0.2, 0.25) is 0 Å². The van der Waals surface area contributed by atoms with E-state index in [1.807, 2.05) is 48.5 Å². The maximum Gasteiger partial charge on any atom is 0.262 e. The zero-order chi connectivity index (χ0) is 17.9. The Hall–Kier alpha value is -3.98. The molecule has 0 aliphatic heterocycles. The van der Waals surface area contributed by atoms with Crippen LogP contribution in [0.3, 0.4) is 0 Å². The molecule has 0 radical (unpaired) electrons. The van der Waals surface area contributed by atoms with Gasteiger partial charge in [-0.05, 0) is 35.9 Å². The Bertz CT molecular complexity index is 1200. The van der Waals surface area contributed by atoms with Crippen molar-refractivity contribution in [1.82, 2.24) is 19.7 Å². The van der Waals surface area contributed by atoms with Gasteiger partial charge in [-0.1, -0.05) is 36.4 Å². The number of nitrogens with zero attached hydrogens (tertiary/aromatic N) is 4. The van der Waals surface area contributed by atoms with Crippen molar-refractivity contribution in [2.45, 2.75) is 0 Å². The number of H-pyrrole nitrogens is 1. The molecule has 2 aromatic heterocycles. The number of para-hydroxylation sites is 1. The summed E-state index contributed by atoms with van der Waals surface area (Å²) in [7, 11) is 0. The van der Waals surface area contributed by atoms with Crippen molar-refractivity contribution in [2.24, 2.45) is 0 Å². The molecule has 0 atom stereocenters. The van der Waals surface area contributed by atoms with E-state index in [1.54, 1.807) is 22.9 Å². The minimum atomic E-state index is -0.239. The summed E-state index contributed by atoms with van der Waals surface area (Å²) >= 11 is 0. The lowest BCUT2D eigenvalue weighted by atomic mass is 10.1. The first-order valence-corrected chi connectivity index (χ1v) is 7.96. The van der Waals surface area contributed by atoms with Crippen LogP contribution in [0.15, 0.2) is 65.6 Å². The van der Waals surface area contributed by atoms with E-state index in [9.17, 15) is 4.79 Å². The zero-order valence-corrected chi connectivity index (χ0v) is 13.6. The molecule has 4 rings (SSSR count). The van der Waals surface area contributed by atoms with E-state index >= 15 is 0 Å². The van der Waals surface area contributed by atoms with Gasteiger partial charge in [0.05, 0.1) is 23.5 Å². The predicted molar refractivity (Wildman–Crippen MR) is 99.6 cm³/mol. The van der Waals surface area contributed by atoms with Crippen molar-refractivity contribution in [3.8, 4) is 11.8 Å². The summed E-state index contributed by atoms with van der Waals surface area (Å²) in [6.45, 7) is 0. The standard InChI is InChI=1S/C20H13N5O/c21-12-15-8-6-14(7-9-15)10-11-18-23-19-17(20(26)24-18)13-22-25(19)16-4-2-1-3-5-16/h1-11,13H,(H,23,24,26). The number of aromatic nitrogens is 4. The third-order valence-corrected chi connectivity index (χ3v) is 3.93. The molecule has 0 fully saturated rings. The third-order valence-electron chi connectivity index (χ3n) is 3.93. The van der Waals surface area contributed by atoms with Crippen molar-refractivity contribution in [1.29, 1.82) is 5.26 Å². The highest BCUT2D eigenvalue weighted by atomic mass is 16.1. The summed E-state index contributed by atoms with van der Waals surface area (Å²) in [5.74, 6) is 0.435. The number of fused-ring (bicyclic) bond motifs is 1. The second-order valence-corrected chi connectivity index (χ2v) is 5.65. The fourth-order valence-electron chi connectivity index (χ4n) is 2.62. The summed E-state index contributed by atoms with van der Waals surface area (Å²) in [6, 6.07) is 18.8. The molecule has 124 valence electrons. The van der Waals surface area contributed by atoms with E-state index in [4.69, 9.17) is 5.26 Å². The van der Waals surface area contributed by atoms with Gasteiger partial charge in [-0.2, -0.15) is 10.4 Å². The second kappa shape index (κ2) is 6.49. The van der Waals surface area contributed by atoms with Gasteiger partial charge in [0, 0.05) is 0 Å². The number of rotatable bonds is 3. The van der Waals surface area contributed by atoms with Crippen LogP contribution in [0.4, 0.5) is 0 Å². The average Bonchev–Trinajstić information content (AvgIpc) is 3.12. The molecular formula is C20H13N5O. The van der Waals surface area contributed by atoms with Crippen molar-refractivity contribution in [2.75, 3.05) is 0 Å². The van der Waals surface area contributed by atoms with Crippen LogP contribution < -0.4 is 5.56 Å². The fourth-order valence-corrected chi connectivity index (χ4v) is 2.62. The largest absolute Gasteiger partial charge is 0.306 e. The van der Waals surface area contributed by atoms with Crippen LogP contribution in [0.1, 0.15) is 17.0 Å². The molecule has 6 nitrogen and oxygen atoms in total. The Morgan fingerprint density at radius 2 is 1.81 bits per heavy atom. The van der Waals surface area contributed by atoms with Gasteiger partial charge in [0.25, 0.3) is 5.56 Å². The van der Waals surface area contributed by atoms with E-state index in [2.05, 4.69) is 21.1 Å². The van der Waals surface area contributed by atoms with Crippen LogP contribution in [0, 0.1) is 11.3 Å². The molecule has 6 heteroatoms. The molecule has 0 amide bonds. The van der Waals surface area contributed by atoms with Crippen LogP contribution in [-0.4, -0.2) is 19.7 Å². The van der Waals surface area contributed by atoms with Crippen LogP contribution in [0.5, 0.6) is 0 Å². The first kappa shape index (κ1) is 15.5. The predicted octanol–water partition coefficient (Wildman–Crippen LogP) is 3.15. The molecule has 2 aromatic carbocycles. The van der Waals surface area contributed by atoms with Crippen LogP contribution in [-0.2, 0) is 0 Å². The molecular weight excluding hydrogens is 326 g/mol. The van der Waals surface area contributed by atoms with Gasteiger partial charge >= 0.3 is 0 Å². The van der Waals surface area contributed by atoms with Gasteiger partial charge in [-0.25, -0.2) is 9.67 Å². The molecule has 0 bridgehead atoms. The highest BCUT2D eigenvalue weighted by molar-refractivity contribution is 5.77. The number of hydrogen-bond acceptors (Lipinski definition) is 4. The number of hydrogen-bond donors (Lipinski definition) is 1. The summed E-state index contributed by atoms with van der Waals surface area (Å²) in [6.07, 6.45) is 5.07. The van der Waals surface area contributed by atoms with Crippen molar-refractivity contribution in [3.63, 3.8) is 0 Å². The number of benzene rings is 2. The van der Waals surface area contributed by atoms with Gasteiger partial charge in [0.1, 0.15) is 11.2 Å². The smallest absolute Gasteiger partial charge is 0.262 e. The molecule has 4 aromatic rings. The maximum absolute atomic E-state index is 12.3. The molecule has 26 heavy (non-hydrogen) atoms. The Morgan fingerprint density at radius 3 is 2.54 bits per heavy atom. The topological polar surface area (TPSA) is 87.4 Å². The lowest BCUT2D eigenvalue weighted by Crippen LogP contribution is -2.10. The Kier molecular flexibility index (Phi) is 3.88. The van der Waals surface area contributed by atoms with Gasteiger partial charge in [-0.3, -0.25) is 4.79 Å². The van der Waals surface area contributed by atoms with Crippen molar-refractivity contribution in [3.05, 3.63) is 88.1 Å². The number of nitriles is 1. The van der Waals surface area contributed by atoms with E-state index in [-0.39, 0.29) is 5.56 Å². The minimum Gasteiger partial charge on any atom is -0.306 e. The van der Waals surface area contributed by atoms with E-state index in [0.717, 1.165) is 11.3 Å². The first-order valence-electron chi connectivity index (χ1n) is 7.96. The summed E-state index contributed by atoms with van der Waals surface area (Å²) in [5.41, 5.74) is 2.60.